The van der Waals surface area contributed by atoms with Crippen molar-refractivity contribution in [2.75, 3.05) is 0 Å². The first-order valence-electron chi connectivity index (χ1n) is 18.0. The maximum Gasteiger partial charge on any atom is 2.00 e. The predicted molar refractivity (Wildman–Crippen MR) is 209 cm³/mol. The average molecular weight is 921 g/mol. The van der Waals surface area contributed by atoms with Crippen LogP contribution in [0.3, 0.4) is 0 Å². The number of fused-ring (bicyclic) bond motifs is 3. The third-order valence-electron chi connectivity index (χ3n) is 9.16. The molecule has 0 amide bonds. The van der Waals surface area contributed by atoms with E-state index in [-0.39, 0.29) is 52.7 Å². The van der Waals surface area contributed by atoms with Crippen LogP contribution in [0.5, 0.6) is 23.0 Å². The van der Waals surface area contributed by atoms with Gasteiger partial charge in [-0.15, -0.1) is 92.2 Å². The van der Waals surface area contributed by atoms with E-state index in [1.54, 1.807) is 0 Å². The maximum atomic E-state index is 6.37. The fourth-order valence-electron chi connectivity index (χ4n) is 6.15. The van der Waals surface area contributed by atoms with E-state index in [1.807, 2.05) is 104 Å². The summed E-state index contributed by atoms with van der Waals surface area (Å²) >= 11 is 0. The molecule has 0 N–H and O–H groups in total. The van der Waals surface area contributed by atoms with Gasteiger partial charge in [-0.25, -0.2) is 0 Å². The first kappa shape index (κ1) is 40.5. The van der Waals surface area contributed by atoms with E-state index in [0.717, 1.165) is 33.3 Å². The molecule has 0 saturated carbocycles. The summed E-state index contributed by atoms with van der Waals surface area (Å²) in [6.45, 7) is 12.7. The molecule has 0 radical (unpaired) electrons. The Hall–Kier alpha value is -5.16. The van der Waals surface area contributed by atoms with Crippen LogP contribution in [0, 0.1) is 24.3 Å². The van der Waals surface area contributed by atoms with Crippen molar-refractivity contribution in [3.63, 3.8) is 0 Å². The van der Waals surface area contributed by atoms with Gasteiger partial charge in [0.1, 0.15) is 0 Å². The molecule has 0 fully saturated rings. The number of pyridine rings is 2. The second kappa shape index (κ2) is 17.3. The van der Waals surface area contributed by atoms with Crippen LogP contribution in [0.2, 0.25) is 0 Å². The molecule has 0 aliphatic rings. The zero-order valence-electron chi connectivity index (χ0n) is 31.5. The van der Waals surface area contributed by atoms with Gasteiger partial charge in [0.25, 0.3) is 5.95 Å². The van der Waals surface area contributed by atoms with E-state index in [1.165, 1.54) is 11.1 Å². The van der Waals surface area contributed by atoms with Crippen molar-refractivity contribution >= 4 is 21.8 Å². The Labute approximate surface area is 354 Å². The van der Waals surface area contributed by atoms with Gasteiger partial charge < -0.3 is 24.0 Å². The Balaban J connectivity index is 0.00000266. The van der Waals surface area contributed by atoms with Gasteiger partial charge in [-0.05, 0) is 35.4 Å². The smallest absolute Gasteiger partial charge is 0.503 e. The van der Waals surface area contributed by atoms with Gasteiger partial charge in [-0.3, -0.25) is 0 Å². The molecule has 11 heteroatoms. The molecule has 56 heavy (non-hydrogen) atoms. The Morgan fingerprint density at radius 1 is 0.500 bits per heavy atom. The molecule has 9 nitrogen and oxygen atoms in total. The summed E-state index contributed by atoms with van der Waals surface area (Å²) in [6, 6.07) is 41.2. The molecule has 0 bridgehead atoms. The monoisotopic (exact) mass is 919 g/mol. The summed E-state index contributed by atoms with van der Waals surface area (Å²) in [5, 5.41) is 19.5. The Bertz CT molecular complexity index is 2470. The number of hydrogen-bond acceptors (Lipinski definition) is 8. The second-order valence-electron chi connectivity index (χ2n) is 14.0. The third-order valence-corrected chi connectivity index (χ3v) is 9.16. The SMILES string of the molecule is CC(C)c1ccnc(-c2[c-]c(Oc3[c-]c4c(cc3)c3ccc(Oc5[c-]c(-c6cc(C(C)C)ccn6)ccc5)[c-]c3n4-c3nnc(C(C)C)nn3)ccc2)c1.[Pd+2].[Pd+2]. The van der Waals surface area contributed by atoms with Gasteiger partial charge in [0.15, 0.2) is 5.82 Å². The molecule has 0 atom stereocenters. The molecule has 0 aliphatic carbocycles. The van der Waals surface area contributed by atoms with Gasteiger partial charge in [-0.2, -0.15) is 22.9 Å². The average Bonchev–Trinajstić information content (AvgIpc) is 3.51. The van der Waals surface area contributed by atoms with Crippen molar-refractivity contribution in [3.05, 3.63) is 139 Å². The predicted octanol–water partition coefficient (Wildman–Crippen LogP) is 10.6. The van der Waals surface area contributed by atoms with Crippen LogP contribution in [0.25, 0.3) is 50.3 Å². The van der Waals surface area contributed by atoms with Crippen molar-refractivity contribution < 1.29 is 50.3 Å². The molecule has 4 aromatic heterocycles. The maximum absolute atomic E-state index is 6.37. The van der Waals surface area contributed by atoms with Crippen LogP contribution in [-0.4, -0.2) is 34.9 Å². The van der Waals surface area contributed by atoms with Gasteiger partial charge >= 0.3 is 40.8 Å². The fourth-order valence-corrected chi connectivity index (χ4v) is 6.15. The minimum absolute atomic E-state index is 0. The van der Waals surface area contributed by atoms with Gasteiger partial charge in [-0.1, -0.05) is 88.0 Å². The molecule has 8 rings (SSSR count). The van der Waals surface area contributed by atoms with Crippen molar-refractivity contribution in [1.29, 1.82) is 0 Å². The number of aromatic nitrogens is 7. The van der Waals surface area contributed by atoms with E-state index in [2.05, 4.69) is 94.5 Å². The molecular weight excluding hydrogens is 883 g/mol. The van der Waals surface area contributed by atoms with Gasteiger partial charge in [0.2, 0.25) is 0 Å². The molecule has 0 unspecified atom stereocenters. The van der Waals surface area contributed by atoms with Crippen LogP contribution in [0.4, 0.5) is 0 Å². The van der Waals surface area contributed by atoms with E-state index >= 15 is 0 Å². The fraction of sp³-hybridized carbons (Fsp3) is 0.200. The topological polar surface area (TPSA) is 101 Å². The van der Waals surface area contributed by atoms with Crippen LogP contribution < -0.4 is 9.47 Å². The van der Waals surface area contributed by atoms with E-state index in [4.69, 9.17) is 9.47 Å². The van der Waals surface area contributed by atoms with Crippen LogP contribution in [-0.2, 0) is 40.8 Å². The minimum atomic E-state index is 0. The summed E-state index contributed by atoms with van der Waals surface area (Å²) in [5.74, 6) is 3.71. The molecule has 8 aromatic rings. The third kappa shape index (κ3) is 8.48. The molecule has 0 saturated heterocycles. The van der Waals surface area contributed by atoms with E-state index in [9.17, 15) is 0 Å². The van der Waals surface area contributed by atoms with E-state index < -0.39 is 0 Å². The van der Waals surface area contributed by atoms with E-state index in [0.29, 0.717) is 51.7 Å². The van der Waals surface area contributed by atoms with Gasteiger partial charge in [0.05, 0.1) is 0 Å². The summed E-state index contributed by atoms with van der Waals surface area (Å²) in [7, 11) is 0. The van der Waals surface area contributed by atoms with Crippen molar-refractivity contribution in [2.45, 2.75) is 59.3 Å². The first-order valence-corrected chi connectivity index (χ1v) is 18.0. The Kier molecular flexibility index (Phi) is 12.5. The van der Waals surface area contributed by atoms with Crippen molar-refractivity contribution in [2.24, 2.45) is 0 Å². The number of rotatable bonds is 10. The number of hydrogen-bond donors (Lipinski definition) is 0. The van der Waals surface area contributed by atoms with Gasteiger partial charge in [0, 0.05) is 41.3 Å². The molecule has 0 aliphatic heterocycles. The Morgan fingerprint density at radius 3 is 1.38 bits per heavy atom. The van der Waals surface area contributed by atoms with Crippen LogP contribution >= 0.6 is 0 Å². The molecule has 4 heterocycles. The minimum Gasteiger partial charge on any atom is -0.503 e. The zero-order chi connectivity index (χ0) is 37.3. The standard InChI is InChI=1S/C45H37N7O2.2Pd/c1-27(2)30-17-19-46-40(23-30)32-9-7-11-34(21-32)53-36-13-15-38-39-16-14-37(26-43(39)52(42(38)25-36)45-50-48-44(29(5)6)49-51-45)54-35-12-8-10-33(22-35)41-24-31(28(3)4)18-20-47-41;;/h7-20,23-24,27-29H,1-6H3;;/q-4;2*+2. The Morgan fingerprint density at radius 2 is 0.946 bits per heavy atom. The molecule has 284 valence electrons. The summed E-state index contributed by atoms with van der Waals surface area (Å²) in [4.78, 5) is 9.17. The summed E-state index contributed by atoms with van der Waals surface area (Å²) < 4.78 is 14.6. The molecule has 4 aromatic carbocycles. The number of benzene rings is 4. The first-order chi connectivity index (χ1) is 26.2. The molecular formula is C45H37N7O2Pd2. The zero-order valence-corrected chi connectivity index (χ0v) is 34.7. The largest absolute Gasteiger partial charge is 2.00 e. The van der Waals surface area contributed by atoms with Crippen molar-refractivity contribution in [1.82, 2.24) is 34.9 Å². The molecule has 0 spiro atoms. The van der Waals surface area contributed by atoms with Crippen LogP contribution in [0.15, 0.2) is 97.3 Å². The number of ether oxygens (including phenoxy) is 2. The van der Waals surface area contributed by atoms with Crippen LogP contribution in [0.1, 0.15) is 76.2 Å². The number of nitrogens with zero attached hydrogens (tertiary/aromatic N) is 7. The summed E-state index contributed by atoms with van der Waals surface area (Å²) in [6.07, 6.45) is 3.67. The normalized spacial score (nSPS) is 11.2. The second-order valence-corrected chi connectivity index (χ2v) is 14.0. The quantitative estimate of drug-likeness (QED) is 0.0988. The van der Waals surface area contributed by atoms with Crippen molar-refractivity contribution in [3.8, 4) is 51.5 Å². The summed E-state index contributed by atoms with van der Waals surface area (Å²) in [5.41, 5.74) is 7.11.